The van der Waals surface area contributed by atoms with E-state index in [2.05, 4.69) is 67.5 Å². The average molecular weight is 279 g/mol. The Labute approximate surface area is 122 Å². The molecule has 2 N–H and O–H groups in total. The van der Waals surface area contributed by atoms with E-state index in [1.807, 2.05) is 12.1 Å². The van der Waals surface area contributed by atoms with Crippen LogP contribution < -0.4 is 5.73 Å². The summed E-state index contributed by atoms with van der Waals surface area (Å²) < 4.78 is 0. The molecule has 2 aromatic carbocycles. The Morgan fingerprint density at radius 2 is 1.35 bits per heavy atom. The Balaban J connectivity index is 2.08. The summed E-state index contributed by atoms with van der Waals surface area (Å²) >= 11 is 0. The van der Waals surface area contributed by atoms with Crippen molar-refractivity contribution >= 4 is 13.8 Å². The summed E-state index contributed by atoms with van der Waals surface area (Å²) in [4.78, 5) is 0. The van der Waals surface area contributed by atoms with Crippen molar-refractivity contribution in [1.82, 2.24) is 0 Å². The lowest BCUT2D eigenvalue weighted by atomic mass is 10.0. The van der Waals surface area contributed by atoms with Crippen LogP contribution >= 0.6 is 0 Å². The quantitative estimate of drug-likeness (QED) is 0.500. The smallest absolute Gasteiger partial charge is 0.129 e. The van der Waals surface area contributed by atoms with Crippen LogP contribution in [-0.4, -0.2) is 8.07 Å². The lowest BCUT2D eigenvalue weighted by molar-refractivity contribution is 1.19. The van der Waals surface area contributed by atoms with E-state index in [1.54, 1.807) is 0 Å². The zero-order valence-corrected chi connectivity index (χ0v) is 13.4. The van der Waals surface area contributed by atoms with Crippen molar-refractivity contribution in [1.29, 1.82) is 0 Å². The molecular formula is C18H21NSi. The molecule has 20 heavy (non-hydrogen) atoms. The van der Waals surface area contributed by atoms with E-state index in [0.29, 0.717) is 0 Å². The first-order chi connectivity index (χ1) is 9.42. The highest BCUT2D eigenvalue weighted by Gasteiger charge is 2.07. The summed E-state index contributed by atoms with van der Waals surface area (Å²) in [5.74, 6) is 3.28. The Morgan fingerprint density at radius 3 is 1.85 bits per heavy atom. The molecule has 0 unspecified atom stereocenters. The van der Waals surface area contributed by atoms with Gasteiger partial charge in [0.2, 0.25) is 0 Å². The van der Waals surface area contributed by atoms with Gasteiger partial charge >= 0.3 is 0 Å². The van der Waals surface area contributed by atoms with E-state index in [9.17, 15) is 0 Å². The third-order valence-electron chi connectivity index (χ3n) is 2.92. The molecule has 0 amide bonds. The van der Waals surface area contributed by atoms with Crippen LogP contribution in [0.3, 0.4) is 0 Å². The molecule has 0 heterocycles. The zero-order valence-electron chi connectivity index (χ0n) is 12.4. The Morgan fingerprint density at radius 1 is 0.850 bits per heavy atom. The number of anilines is 1. The number of hydrogen-bond donors (Lipinski definition) is 1. The van der Waals surface area contributed by atoms with Crippen LogP contribution in [0.25, 0.3) is 0 Å². The van der Waals surface area contributed by atoms with Crippen LogP contribution in [0.1, 0.15) is 16.7 Å². The first-order valence-corrected chi connectivity index (χ1v) is 10.4. The molecule has 1 nitrogen and oxygen atoms in total. The first-order valence-electron chi connectivity index (χ1n) is 6.89. The van der Waals surface area contributed by atoms with Gasteiger partial charge in [0.05, 0.1) is 0 Å². The van der Waals surface area contributed by atoms with Gasteiger partial charge < -0.3 is 5.73 Å². The normalized spacial score (nSPS) is 10.8. The van der Waals surface area contributed by atoms with Gasteiger partial charge in [0.25, 0.3) is 0 Å². The van der Waals surface area contributed by atoms with E-state index in [1.165, 1.54) is 11.1 Å². The Hall–Kier alpha value is -1.98. The third-order valence-corrected chi connectivity index (χ3v) is 3.80. The van der Waals surface area contributed by atoms with E-state index in [4.69, 9.17) is 5.73 Å². The summed E-state index contributed by atoms with van der Waals surface area (Å²) in [6.45, 7) is 6.78. The van der Waals surface area contributed by atoms with Crippen molar-refractivity contribution in [2.24, 2.45) is 0 Å². The number of rotatable bonds is 2. The molecule has 2 rings (SSSR count). The van der Waals surface area contributed by atoms with E-state index >= 15 is 0 Å². The molecule has 0 aliphatic rings. The molecule has 0 aliphatic heterocycles. The summed E-state index contributed by atoms with van der Waals surface area (Å²) in [5, 5.41) is 0. The monoisotopic (exact) mass is 279 g/mol. The fraction of sp³-hybridized carbons (Fsp3) is 0.222. The average Bonchev–Trinajstić information content (AvgIpc) is 2.40. The summed E-state index contributed by atoms with van der Waals surface area (Å²) in [5.41, 5.74) is 13.6. The summed E-state index contributed by atoms with van der Waals surface area (Å²) in [6, 6.07) is 16.6. The van der Waals surface area contributed by atoms with Crippen LogP contribution in [0.15, 0.2) is 48.5 Å². The molecule has 102 valence electrons. The number of nitrogens with two attached hydrogens (primary N) is 1. The zero-order chi connectivity index (χ0) is 14.6. The predicted octanol–water partition coefficient (Wildman–Crippen LogP) is 4.09. The number of benzene rings is 2. The molecular weight excluding hydrogens is 258 g/mol. The van der Waals surface area contributed by atoms with Gasteiger partial charge in [-0.15, -0.1) is 5.54 Å². The van der Waals surface area contributed by atoms with E-state index in [-0.39, 0.29) is 0 Å². The largest absolute Gasteiger partial charge is 0.399 e. The van der Waals surface area contributed by atoms with Gasteiger partial charge in [-0.2, -0.15) is 0 Å². The molecule has 0 bridgehead atoms. The molecule has 2 heteroatoms. The van der Waals surface area contributed by atoms with Crippen LogP contribution in [-0.2, 0) is 6.42 Å². The minimum absolute atomic E-state index is 0.811. The lowest BCUT2D eigenvalue weighted by Gasteiger charge is -2.04. The van der Waals surface area contributed by atoms with Crippen LogP contribution in [0.5, 0.6) is 0 Å². The highest BCUT2D eigenvalue weighted by atomic mass is 28.3. The van der Waals surface area contributed by atoms with Gasteiger partial charge in [-0.05, 0) is 41.8 Å². The summed E-state index contributed by atoms with van der Waals surface area (Å²) in [7, 11) is -1.29. The standard InChI is InChI=1S/C18H21NSi/c1-20(2,3)13-12-15-4-6-16(7-5-15)14-17-8-10-18(19)11-9-17/h4-11H,14,19H2,1-3H3. The highest BCUT2D eigenvalue weighted by molar-refractivity contribution is 6.83. The maximum absolute atomic E-state index is 5.70. The van der Waals surface area contributed by atoms with Crippen molar-refractivity contribution in [3.8, 4) is 11.5 Å². The predicted molar refractivity (Wildman–Crippen MR) is 90.3 cm³/mol. The summed E-state index contributed by atoms with van der Waals surface area (Å²) in [6.07, 6.45) is 0.933. The third kappa shape index (κ3) is 4.60. The number of hydrogen-bond acceptors (Lipinski definition) is 1. The van der Waals surface area contributed by atoms with Gasteiger partial charge in [-0.25, -0.2) is 0 Å². The Kier molecular flexibility index (Phi) is 4.31. The Bertz CT molecular complexity index is 622. The molecule has 0 saturated carbocycles. The van der Waals surface area contributed by atoms with Gasteiger partial charge in [-0.1, -0.05) is 49.8 Å². The number of nitrogen functional groups attached to an aromatic ring is 1. The molecule has 0 aliphatic carbocycles. The van der Waals surface area contributed by atoms with Crippen LogP contribution in [0.2, 0.25) is 19.6 Å². The lowest BCUT2D eigenvalue weighted by Crippen LogP contribution is -2.16. The second-order valence-corrected chi connectivity index (χ2v) is 10.9. The van der Waals surface area contributed by atoms with Crippen molar-refractivity contribution in [2.45, 2.75) is 26.1 Å². The van der Waals surface area contributed by atoms with Crippen molar-refractivity contribution < 1.29 is 0 Å². The van der Waals surface area contributed by atoms with Gasteiger partial charge in [0.15, 0.2) is 0 Å². The van der Waals surface area contributed by atoms with Gasteiger partial charge in [-0.3, -0.25) is 0 Å². The van der Waals surface area contributed by atoms with E-state index < -0.39 is 8.07 Å². The molecule has 0 fully saturated rings. The molecule has 0 spiro atoms. The minimum atomic E-state index is -1.29. The molecule has 0 atom stereocenters. The SMILES string of the molecule is C[Si](C)(C)C#Cc1ccc(Cc2ccc(N)cc2)cc1. The topological polar surface area (TPSA) is 26.0 Å². The van der Waals surface area contributed by atoms with Crippen LogP contribution in [0, 0.1) is 11.5 Å². The van der Waals surface area contributed by atoms with Crippen LogP contribution in [0.4, 0.5) is 5.69 Å². The highest BCUT2D eigenvalue weighted by Crippen LogP contribution is 2.12. The fourth-order valence-electron chi connectivity index (χ4n) is 1.84. The second kappa shape index (κ2) is 5.98. The maximum Gasteiger partial charge on any atom is 0.129 e. The molecule has 2 aromatic rings. The first kappa shape index (κ1) is 14.4. The van der Waals surface area contributed by atoms with Gasteiger partial charge in [0.1, 0.15) is 8.07 Å². The maximum atomic E-state index is 5.70. The van der Waals surface area contributed by atoms with E-state index in [0.717, 1.165) is 17.7 Å². The molecule has 0 aromatic heterocycles. The molecule has 0 saturated heterocycles. The molecule has 0 radical (unpaired) electrons. The van der Waals surface area contributed by atoms with Crippen molar-refractivity contribution in [3.05, 3.63) is 65.2 Å². The van der Waals surface area contributed by atoms with Crippen molar-refractivity contribution in [3.63, 3.8) is 0 Å². The van der Waals surface area contributed by atoms with Crippen molar-refractivity contribution in [2.75, 3.05) is 5.73 Å². The van der Waals surface area contributed by atoms with Gasteiger partial charge in [0, 0.05) is 11.3 Å². The fourth-order valence-corrected chi connectivity index (χ4v) is 2.36. The second-order valence-electron chi connectivity index (χ2n) is 6.12. The minimum Gasteiger partial charge on any atom is -0.399 e.